The predicted octanol–water partition coefficient (Wildman–Crippen LogP) is 1.11. The van der Waals surface area contributed by atoms with Crippen LogP contribution < -0.4 is 16.1 Å². The Labute approximate surface area is 145 Å². The number of hydroxylamine groups is 1. The van der Waals surface area contributed by atoms with Crippen LogP contribution in [0.5, 0.6) is 0 Å². The number of anilines is 1. The first kappa shape index (κ1) is 18.1. The highest BCUT2D eigenvalue weighted by Gasteiger charge is 2.12. The molecule has 0 unspecified atom stereocenters. The van der Waals surface area contributed by atoms with Crippen molar-refractivity contribution < 1.29 is 14.8 Å². The highest BCUT2D eigenvalue weighted by Crippen LogP contribution is 2.05. The lowest BCUT2D eigenvalue weighted by Crippen LogP contribution is -2.37. The number of carbonyl (C=O) groups excluding carboxylic acids is 2. The van der Waals surface area contributed by atoms with Crippen LogP contribution in [0.15, 0.2) is 48.8 Å². The van der Waals surface area contributed by atoms with E-state index in [9.17, 15) is 9.59 Å². The maximum absolute atomic E-state index is 12.1. The van der Waals surface area contributed by atoms with Crippen LogP contribution in [-0.2, 0) is 16.1 Å². The van der Waals surface area contributed by atoms with Crippen molar-refractivity contribution in [1.29, 1.82) is 0 Å². The molecule has 8 nitrogen and oxygen atoms in total. The molecular weight excluding hydrogens is 322 g/mol. The Bertz CT molecular complexity index is 732. The van der Waals surface area contributed by atoms with Crippen LogP contribution in [0.1, 0.15) is 18.2 Å². The number of nitrogens with zero attached hydrogens (tertiary/aromatic N) is 2. The van der Waals surface area contributed by atoms with Crippen LogP contribution in [0.3, 0.4) is 0 Å². The van der Waals surface area contributed by atoms with Gasteiger partial charge in [0.05, 0.1) is 18.1 Å². The van der Waals surface area contributed by atoms with Gasteiger partial charge in [0, 0.05) is 12.6 Å². The van der Waals surface area contributed by atoms with Crippen molar-refractivity contribution in [2.75, 3.05) is 5.32 Å². The zero-order valence-corrected chi connectivity index (χ0v) is 13.6. The van der Waals surface area contributed by atoms with Gasteiger partial charge in [-0.05, 0) is 18.6 Å². The van der Waals surface area contributed by atoms with Crippen molar-refractivity contribution in [1.82, 2.24) is 20.8 Å². The third kappa shape index (κ3) is 6.04. The van der Waals surface area contributed by atoms with Crippen LogP contribution in [-0.4, -0.2) is 33.0 Å². The van der Waals surface area contributed by atoms with Crippen molar-refractivity contribution in [3.8, 4) is 0 Å². The molecule has 0 bridgehead atoms. The van der Waals surface area contributed by atoms with Gasteiger partial charge in [-0.25, -0.2) is 10.5 Å². The Morgan fingerprint density at radius 3 is 2.60 bits per heavy atom. The van der Waals surface area contributed by atoms with Gasteiger partial charge in [0.25, 0.3) is 5.91 Å². The van der Waals surface area contributed by atoms with Gasteiger partial charge in [0.1, 0.15) is 11.9 Å². The summed E-state index contributed by atoms with van der Waals surface area (Å²) in [4.78, 5) is 31.2. The minimum absolute atomic E-state index is 0.158. The zero-order valence-electron chi connectivity index (χ0n) is 13.6. The highest BCUT2D eigenvalue weighted by atomic mass is 16.5. The molecule has 1 heterocycles. The maximum Gasteiger partial charge on any atom is 0.267 e. The molecule has 0 saturated heterocycles. The van der Waals surface area contributed by atoms with Crippen LogP contribution in [0.25, 0.3) is 6.08 Å². The Kier molecular flexibility index (Phi) is 6.61. The molecule has 2 aromatic rings. The Morgan fingerprint density at radius 2 is 1.96 bits per heavy atom. The first-order chi connectivity index (χ1) is 12.1. The molecule has 130 valence electrons. The molecule has 8 heteroatoms. The molecule has 2 rings (SSSR count). The van der Waals surface area contributed by atoms with Gasteiger partial charge >= 0.3 is 0 Å². The molecule has 2 amide bonds. The summed E-state index contributed by atoms with van der Waals surface area (Å²) in [6.07, 6.45) is 5.42. The van der Waals surface area contributed by atoms with Gasteiger partial charge in [-0.3, -0.25) is 19.8 Å². The number of rotatable bonds is 7. The second-order valence-corrected chi connectivity index (χ2v) is 5.21. The number of nitrogens with one attached hydrogen (secondary N) is 3. The average molecular weight is 341 g/mol. The molecule has 25 heavy (non-hydrogen) atoms. The maximum atomic E-state index is 12.1. The van der Waals surface area contributed by atoms with Crippen LogP contribution in [0.4, 0.5) is 5.82 Å². The van der Waals surface area contributed by atoms with Gasteiger partial charge in [-0.2, -0.15) is 0 Å². The Hall–Kier alpha value is -3.26. The van der Waals surface area contributed by atoms with Gasteiger partial charge in [0.15, 0.2) is 0 Å². The number of amides is 2. The third-order valence-electron chi connectivity index (χ3n) is 3.25. The number of hydrogen-bond acceptors (Lipinski definition) is 6. The molecule has 0 aliphatic heterocycles. The zero-order chi connectivity index (χ0) is 18.1. The SMILES string of the molecule is C[C@@H](Nc1cnc(C=CC(=O)NO)cn1)C(=O)NCc1ccccc1. The molecule has 1 atom stereocenters. The largest absolute Gasteiger partial charge is 0.357 e. The van der Waals surface area contributed by atoms with E-state index in [0.717, 1.165) is 11.6 Å². The summed E-state index contributed by atoms with van der Waals surface area (Å²) in [7, 11) is 0. The fourth-order valence-electron chi connectivity index (χ4n) is 1.92. The molecule has 0 spiro atoms. The molecular formula is C17H19N5O3. The van der Waals surface area contributed by atoms with Gasteiger partial charge < -0.3 is 10.6 Å². The molecule has 1 aromatic heterocycles. The monoisotopic (exact) mass is 341 g/mol. The lowest BCUT2D eigenvalue weighted by Gasteiger charge is -2.14. The van der Waals surface area contributed by atoms with Crippen LogP contribution in [0, 0.1) is 0 Å². The van der Waals surface area contributed by atoms with Crippen molar-refractivity contribution in [3.05, 3.63) is 60.1 Å². The van der Waals surface area contributed by atoms with Crippen LogP contribution in [0.2, 0.25) is 0 Å². The lowest BCUT2D eigenvalue weighted by atomic mass is 10.2. The minimum atomic E-state index is -0.660. The summed E-state index contributed by atoms with van der Waals surface area (Å²) in [5, 5.41) is 14.2. The van der Waals surface area contributed by atoms with Gasteiger partial charge in [-0.15, -0.1) is 0 Å². The normalized spacial score (nSPS) is 11.8. The van der Waals surface area contributed by atoms with E-state index in [1.54, 1.807) is 6.92 Å². The molecule has 0 radical (unpaired) electrons. The van der Waals surface area contributed by atoms with Crippen LogP contribution >= 0.6 is 0 Å². The van der Waals surface area contributed by atoms with Crippen molar-refractivity contribution in [2.45, 2.75) is 19.5 Å². The van der Waals surface area contributed by atoms with Crippen molar-refractivity contribution in [2.24, 2.45) is 0 Å². The van der Waals surface area contributed by atoms with E-state index >= 15 is 0 Å². The second kappa shape index (κ2) is 9.14. The fourth-order valence-corrected chi connectivity index (χ4v) is 1.92. The van der Waals surface area contributed by atoms with E-state index in [1.165, 1.54) is 23.9 Å². The summed E-state index contributed by atoms with van der Waals surface area (Å²) >= 11 is 0. The summed E-state index contributed by atoms with van der Waals surface area (Å²) in [5.41, 5.74) is 2.94. The molecule has 0 saturated carbocycles. The summed E-state index contributed by atoms with van der Waals surface area (Å²) in [6, 6.07) is 9.14. The molecule has 4 N–H and O–H groups in total. The smallest absolute Gasteiger partial charge is 0.267 e. The van der Waals surface area contributed by atoms with E-state index in [4.69, 9.17) is 5.21 Å². The van der Waals surface area contributed by atoms with E-state index in [-0.39, 0.29) is 5.91 Å². The summed E-state index contributed by atoms with van der Waals surface area (Å²) in [6.45, 7) is 2.18. The second-order valence-electron chi connectivity index (χ2n) is 5.21. The van der Waals surface area contributed by atoms with Crippen molar-refractivity contribution in [3.63, 3.8) is 0 Å². The quantitative estimate of drug-likeness (QED) is 0.341. The minimum Gasteiger partial charge on any atom is -0.357 e. The Morgan fingerprint density at radius 1 is 1.20 bits per heavy atom. The Balaban J connectivity index is 1.85. The third-order valence-corrected chi connectivity index (χ3v) is 3.25. The topological polar surface area (TPSA) is 116 Å². The summed E-state index contributed by atoms with van der Waals surface area (Å²) in [5.74, 6) is -0.381. The van der Waals surface area contributed by atoms with E-state index in [0.29, 0.717) is 18.1 Å². The first-order valence-electron chi connectivity index (χ1n) is 7.61. The highest BCUT2D eigenvalue weighted by molar-refractivity contribution is 5.90. The number of benzene rings is 1. The molecule has 0 aliphatic carbocycles. The molecule has 1 aromatic carbocycles. The fraction of sp³-hybridized carbons (Fsp3) is 0.176. The average Bonchev–Trinajstić information content (AvgIpc) is 2.66. The molecule has 0 aliphatic rings. The first-order valence-corrected chi connectivity index (χ1v) is 7.61. The van der Waals surface area contributed by atoms with Gasteiger partial charge in [0.2, 0.25) is 5.91 Å². The number of hydrogen-bond donors (Lipinski definition) is 4. The lowest BCUT2D eigenvalue weighted by molar-refractivity contribution is -0.124. The van der Waals surface area contributed by atoms with E-state index in [2.05, 4.69) is 20.6 Å². The van der Waals surface area contributed by atoms with Crippen molar-refractivity contribution >= 4 is 23.7 Å². The van der Waals surface area contributed by atoms with E-state index in [1.807, 2.05) is 30.3 Å². The van der Waals surface area contributed by atoms with E-state index < -0.39 is 11.9 Å². The number of aromatic nitrogens is 2. The standard InChI is InChI=1S/C17H19N5O3/c1-12(17(24)20-9-13-5-3-2-4-6-13)21-15-11-18-14(10-19-15)7-8-16(23)22-25/h2-8,10-12,25H,9H2,1H3,(H,19,21)(H,20,24)(H,22,23)/t12-/m1/s1. The molecule has 0 fully saturated rings. The summed E-state index contributed by atoms with van der Waals surface area (Å²) < 4.78 is 0. The van der Waals surface area contributed by atoms with Gasteiger partial charge in [-0.1, -0.05) is 30.3 Å². The predicted molar refractivity (Wildman–Crippen MR) is 92.4 cm³/mol. The number of carbonyl (C=O) groups is 2.